The maximum atomic E-state index is 12.4. The van der Waals surface area contributed by atoms with Gasteiger partial charge in [0.15, 0.2) is 0 Å². The van der Waals surface area contributed by atoms with Crippen LogP contribution in [-0.2, 0) is 11.3 Å². The highest BCUT2D eigenvalue weighted by atomic mass is 16.5. The largest absolute Gasteiger partial charge is 0.462 e. The van der Waals surface area contributed by atoms with Crippen LogP contribution in [0.4, 0.5) is 0 Å². The topological polar surface area (TPSA) is 52.7 Å². The molecule has 1 aliphatic carbocycles. The van der Waals surface area contributed by atoms with Crippen LogP contribution in [-0.4, -0.2) is 21.5 Å². The molecule has 2 aromatic heterocycles. The molecule has 0 N–H and O–H groups in total. The van der Waals surface area contributed by atoms with Crippen molar-refractivity contribution in [2.24, 2.45) is 5.92 Å². The zero-order valence-corrected chi connectivity index (χ0v) is 11.5. The van der Waals surface area contributed by atoms with E-state index >= 15 is 0 Å². The van der Waals surface area contributed by atoms with E-state index in [1.807, 2.05) is 6.20 Å². The van der Waals surface area contributed by atoms with Gasteiger partial charge < -0.3 is 13.7 Å². The van der Waals surface area contributed by atoms with Crippen molar-refractivity contribution in [3.8, 4) is 0 Å². The third kappa shape index (κ3) is 2.24. The van der Waals surface area contributed by atoms with E-state index in [1.165, 1.54) is 19.3 Å². The van der Waals surface area contributed by atoms with Gasteiger partial charge in [0, 0.05) is 25.1 Å². The molecular weight excluding hydrogens is 256 g/mol. The Morgan fingerprint density at radius 3 is 2.85 bits per heavy atom. The van der Waals surface area contributed by atoms with Gasteiger partial charge in [-0.15, -0.1) is 0 Å². The first kappa shape index (κ1) is 13.0. The fraction of sp³-hybridized carbons (Fsp3) is 0.467. The Balaban J connectivity index is 1.95. The van der Waals surface area contributed by atoms with Crippen molar-refractivity contribution in [2.75, 3.05) is 6.61 Å². The molecule has 5 heteroatoms. The maximum absolute atomic E-state index is 12.4. The normalized spacial score (nSPS) is 15.2. The second-order valence-corrected chi connectivity index (χ2v) is 5.29. The molecule has 0 saturated heterocycles. The number of fused-ring (bicyclic) bond motifs is 1. The summed E-state index contributed by atoms with van der Waals surface area (Å²) in [7, 11) is 0. The van der Waals surface area contributed by atoms with Gasteiger partial charge in [-0.3, -0.25) is 4.79 Å². The molecule has 106 valence electrons. The molecule has 0 amide bonds. The molecule has 0 aromatic carbocycles. The monoisotopic (exact) mass is 274 g/mol. The molecule has 0 aliphatic heterocycles. The van der Waals surface area contributed by atoms with Crippen LogP contribution < -0.4 is 5.56 Å². The first-order valence-corrected chi connectivity index (χ1v) is 7.07. The molecule has 0 unspecified atom stereocenters. The molecule has 0 atom stereocenters. The highest BCUT2D eigenvalue weighted by Crippen LogP contribution is 2.27. The van der Waals surface area contributed by atoms with Crippen LogP contribution in [0, 0.1) is 5.92 Å². The van der Waals surface area contributed by atoms with Crippen LogP contribution >= 0.6 is 0 Å². The minimum absolute atomic E-state index is 0.0463. The SMILES string of the molecule is CCOC(=O)c1cc2c(=O)n(CC3CCC3)ccn2c1. The minimum Gasteiger partial charge on any atom is -0.462 e. The lowest BCUT2D eigenvalue weighted by molar-refractivity contribution is 0.0526. The van der Waals surface area contributed by atoms with Crippen molar-refractivity contribution in [1.29, 1.82) is 0 Å². The number of ether oxygens (including phenoxy) is 1. The Bertz CT molecular complexity index is 695. The lowest BCUT2D eigenvalue weighted by atomic mass is 9.85. The molecule has 0 spiro atoms. The van der Waals surface area contributed by atoms with E-state index in [2.05, 4.69) is 0 Å². The van der Waals surface area contributed by atoms with Crippen molar-refractivity contribution in [3.63, 3.8) is 0 Å². The molecule has 1 fully saturated rings. The summed E-state index contributed by atoms with van der Waals surface area (Å²) in [4.78, 5) is 24.1. The van der Waals surface area contributed by atoms with Crippen molar-refractivity contribution in [2.45, 2.75) is 32.7 Å². The molecule has 0 radical (unpaired) electrons. The Labute approximate surface area is 116 Å². The fourth-order valence-electron chi connectivity index (χ4n) is 2.56. The number of aromatic nitrogens is 2. The first-order chi connectivity index (χ1) is 9.69. The van der Waals surface area contributed by atoms with Gasteiger partial charge in [-0.25, -0.2) is 4.79 Å². The third-order valence-corrected chi connectivity index (χ3v) is 3.93. The summed E-state index contributed by atoms with van der Waals surface area (Å²) in [5, 5.41) is 0. The van der Waals surface area contributed by atoms with Gasteiger partial charge >= 0.3 is 5.97 Å². The van der Waals surface area contributed by atoms with Gasteiger partial charge in [-0.1, -0.05) is 6.42 Å². The summed E-state index contributed by atoms with van der Waals surface area (Å²) >= 11 is 0. The Morgan fingerprint density at radius 1 is 1.40 bits per heavy atom. The van der Waals surface area contributed by atoms with Gasteiger partial charge in [0.05, 0.1) is 12.2 Å². The van der Waals surface area contributed by atoms with E-state index < -0.39 is 0 Å². The van der Waals surface area contributed by atoms with Crippen LogP contribution in [0.15, 0.2) is 29.5 Å². The second kappa shape index (κ2) is 5.15. The van der Waals surface area contributed by atoms with Crippen LogP contribution in [0.3, 0.4) is 0 Å². The first-order valence-electron chi connectivity index (χ1n) is 7.07. The predicted octanol–water partition coefficient (Wildman–Crippen LogP) is 2.08. The summed E-state index contributed by atoms with van der Waals surface area (Å²) in [6.45, 7) is 2.87. The average molecular weight is 274 g/mol. The molecule has 3 rings (SSSR count). The van der Waals surface area contributed by atoms with Crippen molar-refractivity contribution < 1.29 is 9.53 Å². The quantitative estimate of drug-likeness (QED) is 0.802. The van der Waals surface area contributed by atoms with Crippen molar-refractivity contribution in [3.05, 3.63) is 40.6 Å². The Kier molecular flexibility index (Phi) is 3.34. The van der Waals surface area contributed by atoms with Crippen LogP contribution in [0.1, 0.15) is 36.5 Å². The molecule has 1 saturated carbocycles. The van der Waals surface area contributed by atoms with Crippen LogP contribution in [0.25, 0.3) is 5.52 Å². The number of carbonyl (C=O) groups is 1. The molecule has 2 heterocycles. The molecule has 0 bridgehead atoms. The smallest absolute Gasteiger partial charge is 0.339 e. The van der Waals surface area contributed by atoms with E-state index in [1.54, 1.807) is 34.4 Å². The lowest BCUT2D eigenvalue weighted by Gasteiger charge is -2.25. The van der Waals surface area contributed by atoms with E-state index in [9.17, 15) is 9.59 Å². The zero-order valence-electron chi connectivity index (χ0n) is 11.5. The van der Waals surface area contributed by atoms with E-state index in [4.69, 9.17) is 4.74 Å². The molecular formula is C15H18N2O3. The predicted molar refractivity (Wildman–Crippen MR) is 75.0 cm³/mol. The van der Waals surface area contributed by atoms with Gasteiger partial charge in [0.2, 0.25) is 0 Å². The number of carbonyl (C=O) groups excluding carboxylic acids is 1. The summed E-state index contributed by atoms with van der Waals surface area (Å²) in [6.07, 6.45) is 8.92. The van der Waals surface area contributed by atoms with Crippen molar-refractivity contribution in [1.82, 2.24) is 8.97 Å². The molecule has 2 aromatic rings. The molecule has 20 heavy (non-hydrogen) atoms. The maximum Gasteiger partial charge on any atom is 0.339 e. The third-order valence-electron chi connectivity index (χ3n) is 3.93. The minimum atomic E-state index is -0.388. The van der Waals surface area contributed by atoms with Gasteiger partial charge in [0.1, 0.15) is 5.52 Å². The fourth-order valence-corrected chi connectivity index (χ4v) is 2.56. The Morgan fingerprint density at radius 2 is 2.20 bits per heavy atom. The standard InChI is InChI=1S/C15H18N2O3/c1-2-20-15(19)12-8-13-14(18)17(7-6-16(13)10-12)9-11-4-3-5-11/h6-8,10-11H,2-5,9H2,1H3. The number of nitrogens with zero attached hydrogens (tertiary/aromatic N) is 2. The zero-order chi connectivity index (χ0) is 14.1. The number of esters is 1. The second-order valence-electron chi connectivity index (χ2n) is 5.29. The summed E-state index contributed by atoms with van der Waals surface area (Å²) in [5.74, 6) is 0.232. The van der Waals surface area contributed by atoms with Crippen molar-refractivity contribution >= 4 is 11.5 Å². The number of hydrogen-bond acceptors (Lipinski definition) is 3. The number of rotatable bonds is 4. The van der Waals surface area contributed by atoms with E-state index in [0.29, 0.717) is 23.6 Å². The average Bonchev–Trinajstić information content (AvgIpc) is 2.81. The van der Waals surface area contributed by atoms with Crippen LogP contribution in [0.5, 0.6) is 0 Å². The highest BCUT2D eigenvalue weighted by molar-refractivity contribution is 5.91. The molecule has 1 aliphatic rings. The van der Waals surface area contributed by atoms with Gasteiger partial charge in [-0.05, 0) is 31.7 Å². The summed E-state index contributed by atoms with van der Waals surface area (Å²) in [6, 6.07) is 1.61. The van der Waals surface area contributed by atoms with Gasteiger partial charge in [0.25, 0.3) is 5.56 Å². The summed E-state index contributed by atoms with van der Waals surface area (Å²) in [5.41, 5.74) is 0.898. The molecule has 5 nitrogen and oxygen atoms in total. The van der Waals surface area contributed by atoms with E-state index in [0.717, 1.165) is 6.54 Å². The number of hydrogen-bond donors (Lipinski definition) is 0. The lowest BCUT2D eigenvalue weighted by Crippen LogP contribution is -2.27. The highest BCUT2D eigenvalue weighted by Gasteiger charge is 2.19. The van der Waals surface area contributed by atoms with Gasteiger partial charge in [-0.2, -0.15) is 0 Å². The summed E-state index contributed by atoms with van der Waals surface area (Å²) < 4.78 is 8.39. The Hall–Kier alpha value is -2.04. The van der Waals surface area contributed by atoms with Crippen LogP contribution in [0.2, 0.25) is 0 Å². The van der Waals surface area contributed by atoms with E-state index in [-0.39, 0.29) is 11.5 Å².